The third kappa shape index (κ3) is 2.20. The van der Waals surface area contributed by atoms with Crippen molar-refractivity contribution in [1.29, 1.82) is 0 Å². The van der Waals surface area contributed by atoms with Crippen LogP contribution in [0.3, 0.4) is 0 Å². The Morgan fingerprint density at radius 1 is 1.61 bits per heavy atom. The molecule has 1 aromatic heterocycles. The predicted octanol–water partition coefficient (Wildman–Crippen LogP) is 0.701. The Morgan fingerprint density at radius 3 is 2.83 bits per heavy atom. The van der Waals surface area contributed by atoms with Gasteiger partial charge in [0, 0.05) is 19.7 Å². The molecule has 6 nitrogen and oxygen atoms in total. The third-order valence-electron chi connectivity index (χ3n) is 3.45. The minimum atomic E-state index is -0.144. The van der Waals surface area contributed by atoms with E-state index >= 15 is 0 Å². The normalized spacial score (nSPS) is 22.6. The van der Waals surface area contributed by atoms with Crippen LogP contribution >= 0.6 is 0 Å². The van der Waals surface area contributed by atoms with Crippen LogP contribution in [0, 0.1) is 6.92 Å². The van der Waals surface area contributed by atoms with E-state index < -0.39 is 0 Å². The van der Waals surface area contributed by atoms with Crippen LogP contribution in [-0.2, 0) is 11.3 Å². The fourth-order valence-electron chi connectivity index (χ4n) is 2.19. The van der Waals surface area contributed by atoms with Gasteiger partial charge in [-0.25, -0.2) is 0 Å². The molecular weight excluding hydrogens is 232 g/mol. The number of anilines is 1. The Balaban J connectivity index is 2.05. The highest BCUT2D eigenvalue weighted by Crippen LogP contribution is 2.24. The summed E-state index contributed by atoms with van der Waals surface area (Å²) in [6.45, 7) is 4.38. The van der Waals surface area contributed by atoms with E-state index in [0.717, 1.165) is 12.8 Å². The number of amides is 1. The molecule has 0 spiro atoms. The molecule has 0 aliphatic heterocycles. The van der Waals surface area contributed by atoms with Crippen LogP contribution in [0.15, 0.2) is 0 Å². The number of nitrogen functional groups attached to an aromatic ring is 1. The summed E-state index contributed by atoms with van der Waals surface area (Å²) in [5.74, 6) is -0.144. The number of nitrogens with zero attached hydrogens (tertiary/aromatic N) is 2. The molecule has 100 valence electrons. The van der Waals surface area contributed by atoms with Crippen LogP contribution in [0.4, 0.5) is 5.69 Å². The van der Waals surface area contributed by atoms with Gasteiger partial charge in [0.05, 0.1) is 17.5 Å². The smallest absolute Gasteiger partial charge is 0.271 e. The average molecular weight is 252 g/mol. The quantitative estimate of drug-likeness (QED) is 0.826. The molecule has 2 rings (SSSR count). The molecule has 0 aromatic carbocycles. The van der Waals surface area contributed by atoms with Crippen LogP contribution in [0.2, 0.25) is 0 Å². The highest BCUT2D eigenvalue weighted by atomic mass is 16.5. The summed E-state index contributed by atoms with van der Waals surface area (Å²) in [7, 11) is 1.69. The first kappa shape index (κ1) is 12.9. The van der Waals surface area contributed by atoms with Gasteiger partial charge in [-0.3, -0.25) is 9.48 Å². The number of carbonyl (C=O) groups excluding carboxylic acids is 1. The molecule has 1 amide bonds. The van der Waals surface area contributed by atoms with Crippen molar-refractivity contribution in [3.05, 3.63) is 11.4 Å². The Labute approximate surface area is 106 Å². The minimum absolute atomic E-state index is 0.144. The number of carbonyl (C=O) groups is 1. The van der Waals surface area contributed by atoms with E-state index in [2.05, 4.69) is 10.4 Å². The summed E-state index contributed by atoms with van der Waals surface area (Å²) >= 11 is 0. The van der Waals surface area contributed by atoms with Crippen molar-refractivity contribution in [2.75, 3.05) is 12.8 Å². The average Bonchev–Trinajstić information content (AvgIpc) is 2.59. The fraction of sp³-hybridized carbons (Fsp3) is 0.667. The Bertz CT molecular complexity index is 449. The number of methoxy groups -OCH3 is 1. The van der Waals surface area contributed by atoms with Crippen molar-refractivity contribution in [2.24, 2.45) is 0 Å². The van der Waals surface area contributed by atoms with Crippen LogP contribution in [0.1, 0.15) is 35.9 Å². The molecule has 1 saturated carbocycles. The third-order valence-corrected chi connectivity index (χ3v) is 3.45. The Morgan fingerprint density at radius 2 is 2.28 bits per heavy atom. The number of rotatable bonds is 4. The van der Waals surface area contributed by atoms with E-state index in [1.54, 1.807) is 11.8 Å². The highest BCUT2D eigenvalue weighted by molar-refractivity contribution is 5.98. The Hall–Kier alpha value is -1.56. The first-order chi connectivity index (χ1) is 8.56. The first-order valence-corrected chi connectivity index (χ1v) is 6.23. The molecular formula is C12H20N4O2. The number of aryl methyl sites for hydroxylation is 2. The van der Waals surface area contributed by atoms with Gasteiger partial charge in [-0.1, -0.05) is 0 Å². The SMILES string of the molecule is CCn1nc(C)c(N)c1C(=O)NC1CC(OC)C1. The molecule has 0 atom stereocenters. The maximum atomic E-state index is 12.2. The zero-order chi connectivity index (χ0) is 13.3. The number of nitrogens with one attached hydrogen (secondary N) is 1. The molecule has 18 heavy (non-hydrogen) atoms. The van der Waals surface area contributed by atoms with E-state index in [4.69, 9.17) is 10.5 Å². The zero-order valence-electron chi connectivity index (χ0n) is 11.1. The fourth-order valence-corrected chi connectivity index (χ4v) is 2.19. The van der Waals surface area contributed by atoms with E-state index in [1.165, 1.54) is 0 Å². The van der Waals surface area contributed by atoms with Crippen molar-refractivity contribution < 1.29 is 9.53 Å². The second-order valence-electron chi connectivity index (χ2n) is 4.66. The van der Waals surface area contributed by atoms with E-state index in [1.807, 2.05) is 13.8 Å². The standard InChI is InChI=1S/C12H20N4O2/c1-4-16-11(10(13)7(2)15-16)12(17)14-8-5-9(6-8)18-3/h8-9H,4-6,13H2,1-3H3,(H,14,17). The van der Waals surface area contributed by atoms with Crippen LogP contribution in [0.5, 0.6) is 0 Å². The monoisotopic (exact) mass is 252 g/mol. The maximum absolute atomic E-state index is 12.2. The van der Waals surface area contributed by atoms with E-state index in [0.29, 0.717) is 23.6 Å². The number of hydrogen-bond acceptors (Lipinski definition) is 4. The molecule has 1 fully saturated rings. The number of ether oxygens (including phenoxy) is 1. The lowest BCUT2D eigenvalue weighted by atomic mass is 9.89. The Kier molecular flexibility index (Phi) is 3.56. The summed E-state index contributed by atoms with van der Waals surface area (Å²) in [6, 6.07) is 0.183. The second kappa shape index (κ2) is 4.97. The van der Waals surface area contributed by atoms with Gasteiger partial charge in [-0.2, -0.15) is 5.10 Å². The summed E-state index contributed by atoms with van der Waals surface area (Å²) in [4.78, 5) is 12.2. The largest absolute Gasteiger partial charge is 0.395 e. The van der Waals surface area contributed by atoms with Gasteiger partial charge in [0.15, 0.2) is 0 Å². The van der Waals surface area contributed by atoms with E-state index in [-0.39, 0.29) is 18.1 Å². The molecule has 3 N–H and O–H groups in total. The van der Waals surface area contributed by atoms with Gasteiger partial charge in [0.25, 0.3) is 5.91 Å². The lowest BCUT2D eigenvalue weighted by Crippen LogP contribution is -2.48. The molecule has 0 radical (unpaired) electrons. The molecule has 6 heteroatoms. The van der Waals surface area contributed by atoms with Gasteiger partial charge in [0.2, 0.25) is 0 Å². The van der Waals surface area contributed by atoms with Gasteiger partial charge >= 0.3 is 0 Å². The lowest BCUT2D eigenvalue weighted by molar-refractivity contribution is 0.0175. The summed E-state index contributed by atoms with van der Waals surface area (Å²) in [5.41, 5.74) is 7.54. The minimum Gasteiger partial charge on any atom is -0.395 e. The molecule has 1 heterocycles. The van der Waals surface area contributed by atoms with Crippen LogP contribution in [0.25, 0.3) is 0 Å². The molecule has 1 aliphatic rings. The second-order valence-corrected chi connectivity index (χ2v) is 4.66. The van der Waals surface area contributed by atoms with Crippen LogP contribution in [-0.4, -0.2) is 34.9 Å². The molecule has 0 saturated heterocycles. The highest BCUT2D eigenvalue weighted by Gasteiger charge is 2.31. The van der Waals surface area contributed by atoms with E-state index in [9.17, 15) is 4.79 Å². The van der Waals surface area contributed by atoms with Crippen molar-refractivity contribution in [3.8, 4) is 0 Å². The first-order valence-electron chi connectivity index (χ1n) is 6.23. The molecule has 1 aliphatic carbocycles. The zero-order valence-corrected chi connectivity index (χ0v) is 11.1. The topological polar surface area (TPSA) is 82.2 Å². The number of aromatic nitrogens is 2. The molecule has 1 aromatic rings. The van der Waals surface area contributed by atoms with Crippen LogP contribution < -0.4 is 11.1 Å². The van der Waals surface area contributed by atoms with Gasteiger partial charge < -0.3 is 15.8 Å². The lowest BCUT2D eigenvalue weighted by Gasteiger charge is -2.34. The number of nitrogens with two attached hydrogens (primary N) is 1. The van der Waals surface area contributed by atoms with Crippen molar-refractivity contribution in [1.82, 2.24) is 15.1 Å². The summed E-state index contributed by atoms with van der Waals surface area (Å²) in [5, 5.41) is 7.20. The number of hydrogen-bond donors (Lipinski definition) is 2. The van der Waals surface area contributed by atoms with Crippen molar-refractivity contribution >= 4 is 11.6 Å². The predicted molar refractivity (Wildman–Crippen MR) is 68.3 cm³/mol. The summed E-state index contributed by atoms with van der Waals surface area (Å²) in [6.07, 6.45) is 1.99. The van der Waals surface area contributed by atoms with Crippen molar-refractivity contribution in [2.45, 2.75) is 45.4 Å². The van der Waals surface area contributed by atoms with Crippen molar-refractivity contribution in [3.63, 3.8) is 0 Å². The summed E-state index contributed by atoms with van der Waals surface area (Å²) < 4.78 is 6.83. The molecule has 0 bridgehead atoms. The van der Waals surface area contributed by atoms with Gasteiger partial charge in [-0.15, -0.1) is 0 Å². The molecule has 0 unspecified atom stereocenters. The maximum Gasteiger partial charge on any atom is 0.271 e. The van der Waals surface area contributed by atoms with Gasteiger partial charge in [-0.05, 0) is 26.7 Å². The van der Waals surface area contributed by atoms with Gasteiger partial charge in [0.1, 0.15) is 5.69 Å².